The maximum Gasteiger partial charge on any atom is -0.0241 e. The summed E-state index contributed by atoms with van der Waals surface area (Å²) < 4.78 is 0. The second-order valence-corrected chi connectivity index (χ2v) is 3.36. The van der Waals surface area contributed by atoms with Crippen molar-refractivity contribution in [1.29, 1.82) is 0 Å². The summed E-state index contributed by atoms with van der Waals surface area (Å²) >= 11 is 0. The monoisotopic (exact) mass is 122 g/mol. The van der Waals surface area contributed by atoms with Gasteiger partial charge < -0.3 is 0 Å². The van der Waals surface area contributed by atoms with Crippen LogP contribution in [-0.2, 0) is 0 Å². The van der Waals surface area contributed by atoms with Crippen molar-refractivity contribution in [3.8, 4) is 0 Å². The Morgan fingerprint density at radius 2 is 1.89 bits per heavy atom. The standard InChI is InChI=1S/C9H14/c1-2-8-4-6-9(3-1)7-5-8/h2,8H,1,3-7H2. The van der Waals surface area contributed by atoms with E-state index >= 15 is 0 Å². The smallest absolute Gasteiger partial charge is 0.0241 e. The first kappa shape index (κ1) is 5.76. The molecule has 0 spiro atoms. The largest absolute Gasteiger partial charge is 0.0496 e. The molecule has 3 aliphatic rings. The molecule has 0 heteroatoms. The van der Waals surface area contributed by atoms with Gasteiger partial charge in [-0.2, -0.15) is 0 Å². The van der Waals surface area contributed by atoms with Gasteiger partial charge in [-0.05, 0) is 56.8 Å². The molecule has 3 saturated carbocycles. The molecule has 0 nitrogen and oxygen atoms in total. The third kappa shape index (κ3) is 1.12. The molecule has 9 heavy (non-hydrogen) atoms. The predicted octanol–water partition coefficient (Wildman–Crippen LogP) is 2.75. The van der Waals surface area contributed by atoms with Crippen LogP contribution < -0.4 is 0 Å². The lowest BCUT2D eigenvalue weighted by molar-refractivity contribution is 0.442. The fourth-order valence-corrected chi connectivity index (χ4v) is 2.06. The van der Waals surface area contributed by atoms with Gasteiger partial charge in [-0.3, -0.25) is 0 Å². The van der Waals surface area contributed by atoms with Crippen LogP contribution in [0.5, 0.6) is 0 Å². The van der Waals surface area contributed by atoms with Gasteiger partial charge in [0.05, 0.1) is 0 Å². The number of rotatable bonds is 0. The van der Waals surface area contributed by atoms with Crippen LogP contribution in [0.1, 0.15) is 38.5 Å². The van der Waals surface area contributed by atoms with E-state index in [1.54, 1.807) is 0 Å². The molecule has 0 saturated heterocycles. The lowest BCUT2D eigenvalue weighted by Crippen LogP contribution is -2.07. The zero-order valence-electron chi connectivity index (χ0n) is 5.90. The minimum atomic E-state index is 0.997. The van der Waals surface area contributed by atoms with Crippen LogP contribution in [0.2, 0.25) is 0 Å². The molecular formula is C9H14. The zero-order valence-corrected chi connectivity index (χ0v) is 5.90. The summed E-state index contributed by atoms with van der Waals surface area (Å²) in [4.78, 5) is 0. The summed E-state index contributed by atoms with van der Waals surface area (Å²) in [7, 11) is 0. The van der Waals surface area contributed by atoms with E-state index in [-0.39, 0.29) is 0 Å². The van der Waals surface area contributed by atoms with Gasteiger partial charge in [-0.1, -0.05) is 0 Å². The van der Waals surface area contributed by atoms with Gasteiger partial charge in [0.1, 0.15) is 0 Å². The van der Waals surface area contributed by atoms with Crippen molar-refractivity contribution < 1.29 is 0 Å². The van der Waals surface area contributed by atoms with Crippen LogP contribution in [-0.4, -0.2) is 0 Å². The molecule has 50 valence electrons. The SMILES string of the molecule is [CH]1CC[C]2CCC1CC2. The van der Waals surface area contributed by atoms with Gasteiger partial charge in [0, 0.05) is 0 Å². The maximum absolute atomic E-state index is 2.54. The van der Waals surface area contributed by atoms with Gasteiger partial charge in [0.2, 0.25) is 0 Å². The molecule has 3 rings (SSSR count). The second-order valence-electron chi connectivity index (χ2n) is 3.36. The first-order valence-electron chi connectivity index (χ1n) is 4.12. The Labute approximate surface area is 57.6 Å². The molecule has 0 N–H and O–H groups in total. The van der Waals surface area contributed by atoms with E-state index in [9.17, 15) is 0 Å². The summed E-state index contributed by atoms with van der Waals surface area (Å²) in [6, 6.07) is 0. The fourth-order valence-electron chi connectivity index (χ4n) is 2.06. The van der Waals surface area contributed by atoms with E-state index in [1.165, 1.54) is 38.5 Å². The summed E-state index contributed by atoms with van der Waals surface area (Å²) in [5.74, 6) is 2.84. The second kappa shape index (κ2) is 2.32. The van der Waals surface area contributed by atoms with Crippen LogP contribution in [0.3, 0.4) is 0 Å². The van der Waals surface area contributed by atoms with E-state index in [4.69, 9.17) is 0 Å². The van der Waals surface area contributed by atoms with Crippen molar-refractivity contribution in [3.05, 3.63) is 12.3 Å². The van der Waals surface area contributed by atoms with E-state index in [2.05, 4.69) is 6.42 Å². The molecule has 0 unspecified atom stereocenters. The Morgan fingerprint density at radius 3 is 2.67 bits per heavy atom. The predicted molar refractivity (Wildman–Crippen MR) is 38.7 cm³/mol. The Morgan fingerprint density at radius 1 is 1.11 bits per heavy atom. The maximum atomic E-state index is 2.54. The number of hydrogen-bond donors (Lipinski definition) is 0. The van der Waals surface area contributed by atoms with Crippen molar-refractivity contribution >= 4 is 0 Å². The highest BCUT2D eigenvalue weighted by molar-refractivity contribution is 5.02. The third-order valence-corrected chi connectivity index (χ3v) is 2.74. The molecule has 2 radical (unpaired) electrons. The molecule has 0 aromatic heterocycles. The molecule has 3 aliphatic carbocycles. The van der Waals surface area contributed by atoms with Gasteiger partial charge in [0.25, 0.3) is 0 Å². The molecule has 2 bridgehead atoms. The molecule has 0 aromatic rings. The molecule has 0 aliphatic heterocycles. The lowest BCUT2D eigenvalue weighted by atomic mass is 9.84. The van der Waals surface area contributed by atoms with E-state index in [0.29, 0.717) is 0 Å². The highest BCUT2D eigenvalue weighted by atomic mass is 14.3. The molecule has 0 atom stereocenters. The van der Waals surface area contributed by atoms with E-state index in [0.717, 1.165) is 5.92 Å². The van der Waals surface area contributed by atoms with Gasteiger partial charge in [-0.15, -0.1) is 0 Å². The molecular weight excluding hydrogens is 108 g/mol. The van der Waals surface area contributed by atoms with Crippen LogP contribution in [0.25, 0.3) is 0 Å². The van der Waals surface area contributed by atoms with Gasteiger partial charge in [-0.25, -0.2) is 0 Å². The molecule has 3 fully saturated rings. The molecule has 0 aromatic carbocycles. The minimum Gasteiger partial charge on any atom is -0.0496 e. The van der Waals surface area contributed by atoms with Crippen molar-refractivity contribution in [3.63, 3.8) is 0 Å². The third-order valence-electron chi connectivity index (χ3n) is 2.74. The summed E-state index contributed by atoms with van der Waals surface area (Å²) in [5.41, 5.74) is 0. The van der Waals surface area contributed by atoms with Crippen molar-refractivity contribution in [2.24, 2.45) is 5.92 Å². The van der Waals surface area contributed by atoms with Gasteiger partial charge in [0.15, 0.2) is 0 Å². The highest BCUT2D eigenvalue weighted by Crippen LogP contribution is 2.39. The fraction of sp³-hybridized carbons (Fsp3) is 0.778. The van der Waals surface area contributed by atoms with Crippen molar-refractivity contribution in [2.75, 3.05) is 0 Å². The minimum absolute atomic E-state index is 0.997. The summed E-state index contributed by atoms with van der Waals surface area (Å²) in [6.45, 7) is 0. The Bertz CT molecular complexity index is 70.7. The normalized spacial score (nSPS) is 30.7. The number of fused-ring (bicyclic) bond motifs is 4. The number of hydrogen-bond acceptors (Lipinski definition) is 0. The summed E-state index contributed by atoms with van der Waals surface area (Å²) in [5, 5.41) is 0. The van der Waals surface area contributed by atoms with E-state index < -0.39 is 0 Å². The Hall–Kier alpha value is 0. The van der Waals surface area contributed by atoms with Crippen molar-refractivity contribution in [2.45, 2.75) is 38.5 Å². The zero-order chi connectivity index (χ0) is 6.10. The molecule has 0 heterocycles. The average molecular weight is 122 g/mol. The highest BCUT2D eigenvalue weighted by Gasteiger charge is 2.24. The lowest BCUT2D eigenvalue weighted by Gasteiger charge is -2.21. The van der Waals surface area contributed by atoms with Gasteiger partial charge >= 0.3 is 0 Å². The Kier molecular flexibility index (Phi) is 1.48. The van der Waals surface area contributed by atoms with Crippen LogP contribution >= 0.6 is 0 Å². The summed E-state index contributed by atoms with van der Waals surface area (Å²) in [6.07, 6.45) is 11.2. The van der Waals surface area contributed by atoms with Crippen LogP contribution in [0.15, 0.2) is 0 Å². The van der Waals surface area contributed by atoms with Crippen molar-refractivity contribution in [1.82, 2.24) is 0 Å². The van der Waals surface area contributed by atoms with Crippen LogP contribution in [0, 0.1) is 18.3 Å². The molecule has 0 amide bonds. The van der Waals surface area contributed by atoms with E-state index in [1.807, 2.05) is 5.92 Å². The average Bonchev–Trinajstić information content (AvgIpc) is 2.21. The van der Waals surface area contributed by atoms with Crippen LogP contribution in [0.4, 0.5) is 0 Å². The first-order valence-corrected chi connectivity index (χ1v) is 4.12. The first-order chi connectivity index (χ1) is 4.45. The topological polar surface area (TPSA) is 0 Å². The quantitative estimate of drug-likeness (QED) is 0.463. The Balaban J connectivity index is 2.03.